The second-order valence-electron chi connectivity index (χ2n) is 5.11. The summed E-state index contributed by atoms with van der Waals surface area (Å²) in [7, 11) is 0.395. The number of hydrogen-bond acceptors (Lipinski definition) is 6. The Morgan fingerprint density at radius 1 is 1.32 bits per heavy atom. The maximum atomic E-state index is 12.4. The van der Waals surface area contributed by atoms with Gasteiger partial charge in [-0.05, 0) is 20.0 Å². The third-order valence-corrected chi connectivity index (χ3v) is 5.27. The third kappa shape index (κ3) is 2.70. The van der Waals surface area contributed by atoms with Gasteiger partial charge in [-0.2, -0.15) is 4.31 Å². The van der Waals surface area contributed by atoms with Gasteiger partial charge in [0.25, 0.3) is 0 Å². The Morgan fingerprint density at radius 3 is 2.37 bits per heavy atom. The number of sulfonamides is 1. The van der Waals surface area contributed by atoms with Gasteiger partial charge in [-0.25, -0.2) is 18.4 Å². The first-order valence-corrected chi connectivity index (χ1v) is 7.50. The molecule has 19 heavy (non-hydrogen) atoms. The molecule has 8 heteroatoms. The highest BCUT2D eigenvalue weighted by molar-refractivity contribution is 7.89. The van der Waals surface area contributed by atoms with E-state index in [9.17, 15) is 8.42 Å². The monoisotopic (exact) mass is 285 g/mol. The van der Waals surface area contributed by atoms with Gasteiger partial charge < -0.3 is 10.6 Å². The molecule has 2 rings (SSSR count). The normalized spacial score (nSPS) is 25.1. The van der Waals surface area contributed by atoms with Crippen molar-refractivity contribution >= 4 is 16.0 Å². The maximum absolute atomic E-state index is 12.4. The second kappa shape index (κ2) is 5.03. The Hall–Kier alpha value is -1.25. The summed E-state index contributed by atoms with van der Waals surface area (Å²) in [5.41, 5.74) is 5.37. The van der Waals surface area contributed by atoms with Crippen LogP contribution in [0.3, 0.4) is 0 Å². The van der Waals surface area contributed by atoms with Gasteiger partial charge in [-0.15, -0.1) is 0 Å². The van der Waals surface area contributed by atoms with E-state index in [1.54, 1.807) is 0 Å². The third-order valence-electron chi connectivity index (χ3n) is 3.49. The minimum Gasteiger partial charge on any atom is -0.368 e. The first-order valence-electron chi connectivity index (χ1n) is 6.06. The lowest BCUT2D eigenvalue weighted by atomic mass is 10.1. The molecule has 0 radical (unpaired) electrons. The smallest absolute Gasteiger partial charge is 0.246 e. The van der Waals surface area contributed by atoms with Crippen molar-refractivity contribution in [3.63, 3.8) is 0 Å². The zero-order valence-electron chi connectivity index (χ0n) is 11.3. The Morgan fingerprint density at radius 2 is 1.89 bits per heavy atom. The first-order chi connectivity index (χ1) is 8.82. The fourth-order valence-corrected chi connectivity index (χ4v) is 3.83. The summed E-state index contributed by atoms with van der Waals surface area (Å²) in [5, 5.41) is 0. The number of nitrogens with two attached hydrogens (primary N) is 1. The summed E-state index contributed by atoms with van der Waals surface area (Å²) in [6, 6.07) is 0.226. The summed E-state index contributed by atoms with van der Waals surface area (Å²) in [4.78, 5) is 9.63. The Balaban J connectivity index is 2.24. The molecule has 1 aromatic rings. The quantitative estimate of drug-likeness (QED) is 0.814. The molecule has 2 heterocycles. The van der Waals surface area contributed by atoms with E-state index in [-0.39, 0.29) is 16.9 Å². The van der Waals surface area contributed by atoms with E-state index < -0.39 is 10.0 Å². The van der Waals surface area contributed by atoms with Crippen LogP contribution in [0.2, 0.25) is 0 Å². The Kier molecular flexibility index (Phi) is 3.75. The van der Waals surface area contributed by atoms with Crippen molar-refractivity contribution in [3.8, 4) is 0 Å². The van der Waals surface area contributed by atoms with Crippen LogP contribution >= 0.6 is 0 Å². The van der Waals surface area contributed by atoms with Crippen LogP contribution in [0.5, 0.6) is 0 Å². The molecule has 0 amide bonds. The number of likely N-dealkylation sites (N-methyl/N-ethyl adjacent to an activating group) is 1. The minimum absolute atomic E-state index is 0.0694. The molecule has 0 saturated carbocycles. The molecular weight excluding hydrogens is 266 g/mol. The molecule has 2 unspecified atom stereocenters. The van der Waals surface area contributed by atoms with Gasteiger partial charge in [0.2, 0.25) is 16.0 Å². The molecule has 1 aliphatic rings. The molecule has 1 aromatic heterocycles. The van der Waals surface area contributed by atoms with Crippen LogP contribution in [-0.2, 0) is 10.0 Å². The van der Waals surface area contributed by atoms with Crippen molar-refractivity contribution in [3.05, 3.63) is 12.4 Å². The summed E-state index contributed by atoms with van der Waals surface area (Å²) >= 11 is 0. The molecule has 2 N–H and O–H groups in total. The predicted molar refractivity (Wildman–Crippen MR) is 71.8 cm³/mol. The van der Waals surface area contributed by atoms with E-state index in [1.165, 1.54) is 16.7 Å². The van der Waals surface area contributed by atoms with Gasteiger partial charge >= 0.3 is 0 Å². The van der Waals surface area contributed by atoms with E-state index in [0.29, 0.717) is 19.0 Å². The average molecular weight is 285 g/mol. The molecule has 1 fully saturated rings. The van der Waals surface area contributed by atoms with Crippen molar-refractivity contribution in [2.45, 2.75) is 17.9 Å². The van der Waals surface area contributed by atoms with E-state index in [0.717, 1.165) is 0 Å². The van der Waals surface area contributed by atoms with Gasteiger partial charge in [0.15, 0.2) is 0 Å². The lowest BCUT2D eigenvalue weighted by Gasteiger charge is -2.22. The first kappa shape index (κ1) is 14.2. The standard InChI is InChI=1S/C11H19N5O2S/c1-8-6-16(7-10(8)15(2)3)19(17,18)9-4-13-11(12)14-5-9/h4-5,8,10H,6-7H2,1-3H3,(H2,12,13,14). The molecule has 0 aliphatic carbocycles. The van der Waals surface area contributed by atoms with Crippen LogP contribution < -0.4 is 5.73 Å². The summed E-state index contributed by atoms with van der Waals surface area (Å²) in [5.74, 6) is 0.361. The average Bonchev–Trinajstić information content (AvgIpc) is 2.72. The van der Waals surface area contributed by atoms with Crippen LogP contribution in [0.15, 0.2) is 17.3 Å². The van der Waals surface area contributed by atoms with Crippen molar-refractivity contribution in [1.29, 1.82) is 0 Å². The summed E-state index contributed by atoms with van der Waals surface area (Å²) in [6.45, 7) is 3.05. The molecule has 1 saturated heterocycles. The molecule has 1 aliphatic heterocycles. The molecular formula is C11H19N5O2S. The van der Waals surface area contributed by atoms with Gasteiger partial charge in [0, 0.05) is 19.1 Å². The SMILES string of the molecule is CC1CN(S(=O)(=O)c2cnc(N)nc2)CC1N(C)C. The van der Waals surface area contributed by atoms with Crippen LogP contribution in [-0.4, -0.2) is 60.8 Å². The second-order valence-corrected chi connectivity index (χ2v) is 7.05. The van der Waals surface area contributed by atoms with E-state index in [1.807, 2.05) is 14.1 Å². The van der Waals surface area contributed by atoms with Crippen LogP contribution in [0, 0.1) is 5.92 Å². The number of nitrogens with zero attached hydrogens (tertiary/aromatic N) is 4. The van der Waals surface area contributed by atoms with Crippen molar-refractivity contribution in [2.75, 3.05) is 32.9 Å². The van der Waals surface area contributed by atoms with E-state index in [4.69, 9.17) is 5.73 Å². The lowest BCUT2D eigenvalue weighted by Crippen LogP contribution is -2.35. The molecule has 2 atom stereocenters. The highest BCUT2D eigenvalue weighted by Crippen LogP contribution is 2.25. The minimum atomic E-state index is -3.53. The zero-order chi connectivity index (χ0) is 14.2. The van der Waals surface area contributed by atoms with Crippen LogP contribution in [0.4, 0.5) is 5.95 Å². The number of hydrogen-bond donors (Lipinski definition) is 1. The predicted octanol–water partition coefficient (Wildman–Crippen LogP) is -0.371. The van der Waals surface area contributed by atoms with Crippen molar-refractivity contribution < 1.29 is 8.42 Å². The van der Waals surface area contributed by atoms with Crippen molar-refractivity contribution in [1.82, 2.24) is 19.2 Å². The molecule has 0 aromatic carbocycles. The van der Waals surface area contributed by atoms with Crippen molar-refractivity contribution in [2.24, 2.45) is 5.92 Å². The number of aromatic nitrogens is 2. The summed E-state index contributed by atoms with van der Waals surface area (Å²) in [6.07, 6.45) is 2.51. The fourth-order valence-electron chi connectivity index (χ4n) is 2.38. The lowest BCUT2D eigenvalue weighted by molar-refractivity contribution is 0.263. The van der Waals surface area contributed by atoms with E-state index in [2.05, 4.69) is 21.8 Å². The maximum Gasteiger partial charge on any atom is 0.246 e. The molecule has 0 spiro atoms. The molecule has 106 valence electrons. The topological polar surface area (TPSA) is 92.4 Å². The van der Waals surface area contributed by atoms with Gasteiger partial charge in [0.05, 0.1) is 12.4 Å². The van der Waals surface area contributed by atoms with Gasteiger partial charge in [0.1, 0.15) is 4.90 Å². The Labute approximate surface area is 113 Å². The zero-order valence-corrected chi connectivity index (χ0v) is 12.1. The highest BCUT2D eigenvalue weighted by atomic mass is 32.2. The van der Waals surface area contributed by atoms with E-state index >= 15 is 0 Å². The highest BCUT2D eigenvalue weighted by Gasteiger charge is 2.38. The molecule has 0 bridgehead atoms. The van der Waals surface area contributed by atoms with Crippen LogP contribution in [0.1, 0.15) is 6.92 Å². The van der Waals surface area contributed by atoms with Gasteiger partial charge in [-0.3, -0.25) is 0 Å². The largest absolute Gasteiger partial charge is 0.368 e. The fraction of sp³-hybridized carbons (Fsp3) is 0.636. The van der Waals surface area contributed by atoms with Gasteiger partial charge in [-0.1, -0.05) is 6.92 Å². The number of rotatable bonds is 3. The number of anilines is 1. The number of nitrogen functional groups attached to an aromatic ring is 1. The molecule has 7 nitrogen and oxygen atoms in total. The Bertz CT molecular complexity index is 543. The summed E-state index contributed by atoms with van der Waals surface area (Å²) < 4.78 is 26.4. The van der Waals surface area contributed by atoms with Crippen LogP contribution in [0.25, 0.3) is 0 Å².